The van der Waals surface area contributed by atoms with Crippen molar-refractivity contribution in [2.75, 3.05) is 11.5 Å². The first kappa shape index (κ1) is 28.2. The van der Waals surface area contributed by atoms with Crippen LogP contribution in [0.1, 0.15) is 130 Å². The Hall–Kier alpha value is 0.170. The highest BCUT2D eigenvalue weighted by Gasteiger charge is 2.37. The molecule has 0 heterocycles. The van der Waals surface area contributed by atoms with Gasteiger partial charge in [-0.1, -0.05) is 111 Å². The molecule has 28 heavy (non-hydrogen) atoms. The van der Waals surface area contributed by atoms with Crippen molar-refractivity contribution in [3.05, 3.63) is 0 Å². The first-order chi connectivity index (χ1) is 13.6. The van der Waals surface area contributed by atoms with Crippen molar-refractivity contribution in [2.24, 2.45) is 0 Å². The van der Waals surface area contributed by atoms with E-state index in [0.717, 1.165) is 24.3 Å². The van der Waals surface area contributed by atoms with Crippen LogP contribution in [0.5, 0.6) is 0 Å². The topological polar surface area (TPSA) is 37.3 Å². The second kappa shape index (κ2) is 20.4. The molecule has 0 aliphatic rings. The van der Waals surface area contributed by atoms with E-state index in [9.17, 15) is 9.90 Å². The predicted octanol–water partition coefficient (Wildman–Crippen LogP) is 8.93. The van der Waals surface area contributed by atoms with Crippen LogP contribution >= 0.6 is 23.5 Å². The highest BCUT2D eigenvalue weighted by molar-refractivity contribution is 8.19. The van der Waals surface area contributed by atoms with E-state index in [0.29, 0.717) is 6.42 Å². The third-order valence-electron chi connectivity index (χ3n) is 5.46. The monoisotopic (exact) mass is 432 g/mol. The lowest BCUT2D eigenvalue weighted by molar-refractivity contribution is -0.137. The fourth-order valence-corrected chi connectivity index (χ4v) is 6.31. The van der Waals surface area contributed by atoms with Gasteiger partial charge in [0, 0.05) is 0 Å². The SMILES string of the molecule is CCCCCCCCCCSC(CC)(SCCCCCCCCCC)C(=O)O. The van der Waals surface area contributed by atoms with Gasteiger partial charge in [0.05, 0.1) is 0 Å². The molecule has 0 saturated carbocycles. The van der Waals surface area contributed by atoms with Gasteiger partial charge in [0.15, 0.2) is 4.08 Å². The van der Waals surface area contributed by atoms with Gasteiger partial charge in [-0.25, -0.2) is 4.79 Å². The zero-order chi connectivity index (χ0) is 20.9. The summed E-state index contributed by atoms with van der Waals surface area (Å²) in [7, 11) is 0. The zero-order valence-electron chi connectivity index (χ0n) is 19.1. The quantitative estimate of drug-likeness (QED) is 0.137. The van der Waals surface area contributed by atoms with E-state index in [-0.39, 0.29) is 0 Å². The van der Waals surface area contributed by atoms with Gasteiger partial charge in [-0.3, -0.25) is 0 Å². The van der Waals surface area contributed by atoms with Crippen molar-refractivity contribution < 1.29 is 9.90 Å². The van der Waals surface area contributed by atoms with Gasteiger partial charge in [0.1, 0.15) is 0 Å². The molecule has 4 heteroatoms. The van der Waals surface area contributed by atoms with Gasteiger partial charge < -0.3 is 5.11 Å². The van der Waals surface area contributed by atoms with Gasteiger partial charge in [-0.05, 0) is 30.8 Å². The van der Waals surface area contributed by atoms with Crippen molar-refractivity contribution in [1.82, 2.24) is 0 Å². The van der Waals surface area contributed by atoms with Crippen LogP contribution in [0.3, 0.4) is 0 Å². The molecule has 0 amide bonds. The Morgan fingerprint density at radius 3 is 1.21 bits per heavy atom. The normalized spacial score (nSPS) is 11.8. The third kappa shape index (κ3) is 15.1. The number of unbranched alkanes of at least 4 members (excludes halogenated alkanes) is 14. The highest BCUT2D eigenvalue weighted by Crippen LogP contribution is 2.41. The smallest absolute Gasteiger partial charge is 0.330 e. The van der Waals surface area contributed by atoms with E-state index in [4.69, 9.17) is 0 Å². The predicted molar refractivity (Wildman–Crippen MR) is 131 cm³/mol. The summed E-state index contributed by atoms with van der Waals surface area (Å²) in [6.45, 7) is 6.55. The minimum atomic E-state index is -0.623. The van der Waals surface area contributed by atoms with Crippen molar-refractivity contribution in [2.45, 2.75) is 134 Å². The van der Waals surface area contributed by atoms with E-state index in [1.54, 1.807) is 23.5 Å². The second-order valence-electron chi connectivity index (χ2n) is 8.06. The molecule has 0 aromatic carbocycles. The first-order valence-corrected chi connectivity index (χ1v) is 14.1. The molecule has 2 nitrogen and oxygen atoms in total. The maximum atomic E-state index is 11.9. The van der Waals surface area contributed by atoms with Crippen LogP contribution in [0.4, 0.5) is 0 Å². The molecule has 0 rings (SSSR count). The van der Waals surface area contributed by atoms with Gasteiger partial charge in [0.2, 0.25) is 0 Å². The molecule has 0 fully saturated rings. The van der Waals surface area contributed by atoms with Crippen molar-refractivity contribution >= 4 is 29.5 Å². The minimum absolute atomic E-state index is 0.621. The van der Waals surface area contributed by atoms with Crippen LogP contribution in [0, 0.1) is 0 Å². The van der Waals surface area contributed by atoms with Crippen LogP contribution in [0.2, 0.25) is 0 Å². The number of carboxylic acids is 1. The Bertz CT molecular complexity index is 325. The van der Waals surface area contributed by atoms with Gasteiger partial charge in [-0.15, -0.1) is 23.5 Å². The lowest BCUT2D eigenvalue weighted by atomic mass is 10.1. The molecule has 168 valence electrons. The standard InChI is InChI=1S/C24H48O2S2/c1-4-7-9-11-13-15-17-19-21-27-24(6-3,23(25)26)28-22-20-18-16-14-12-10-8-5-2/h4-22H2,1-3H3,(H,25,26). The number of hydrogen-bond donors (Lipinski definition) is 1. The highest BCUT2D eigenvalue weighted by atomic mass is 32.2. The number of carboxylic acid groups (broad SMARTS) is 1. The van der Waals surface area contributed by atoms with E-state index in [2.05, 4.69) is 13.8 Å². The lowest BCUT2D eigenvalue weighted by Crippen LogP contribution is -2.31. The molecule has 0 atom stereocenters. The van der Waals surface area contributed by atoms with Crippen LogP contribution in [0.15, 0.2) is 0 Å². The zero-order valence-corrected chi connectivity index (χ0v) is 20.7. The van der Waals surface area contributed by atoms with Crippen LogP contribution in [-0.4, -0.2) is 26.7 Å². The van der Waals surface area contributed by atoms with Crippen LogP contribution < -0.4 is 0 Å². The average Bonchev–Trinajstić information content (AvgIpc) is 2.69. The third-order valence-corrected chi connectivity index (χ3v) is 9.01. The average molecular weight is 433 g/mol. The number of hydrogen-bond acceptors (Lipinski definition) is 3. The van der Waals surface area contributed by atoms with E-state index >= 15 is 0 Å². The molecule has 0 aromatic heterocycles. The largest absolute Gasteiger partial charge is 0.480 e. The summed E-state index contributed by atoms with van der Waals surface area (Å²) in [4.78, 5) is 11.9. The molecular weight excluding hydrogens is 384 g/mol. The minimum Gasteiger partial charge on any atom is -0.480 e. The molecule has 0 aliphatic heterocycles. The Labute approximate surface area is 184 Å². The summed E-state index contributed by atoms with van der Waals surface area (Å²) in [6.07, 6.45) is 21.7. The van der Waals surface area contributed by atoms with Crippen molar-refractivity contribution in [3.8, 4) is 0 Å². The van der Waals surface area contributed by atoms with E-state index in [1.807, 2.05) is 6.92 Å². The molecule has 0 aliphatic carbocycles. The van der Waals surface area contributed by atoms with Gasteiger partial charge in [-0.2, -0.15) is 0 Å². The molecule has 0 radical (unpaired) electrons. The van der Waals surface area contributed by atoms with Crippen molar-refractivity contribution in [3.63, 3.8) is 0 Å². The fraction of sp³-hybridized carbons (Fsp3) is 0.958. The summed E-state index contributed by atoms with van der Waals surface area (Å²) in [5, 5.41) is 9.83. The van der Waals surface area contributed by atoms with Gasteiger partial charge in [0.25, 0.3) is 0 Å². The van der Waals surface area contributed by atoms with Crippen molar-refractivity contribution in [1.29, 1.82) is 0 Å². The number of rotatable bonds is 22. The first-order valence-electron chi connectivity index (χ1n) is 12.1. The Kier molecular flexibility index (Phi) is 20.6. The molecular formula is C24H48O2S2. The maximum Gasteiger partial charge on any atom is 0.330 e. The molecule has 0 saturated heterocycles. The Morgan fingerprint density at radius 1 is 0.607 bits per heavy atom. The van der Waals surface area contributed by atoms with E-state index < -0.39 is 10.0 Å². The summed E-state index contributed by atoms with van der Waals surface area (Å²) in [5.41, 5.74) is 0. The molecule has 1 N–H and O–H groups in total. The van der Waals surface area contributed by atoms with Crippen LogP contribution in [-0.2, 0) is 4.79 Å². The number of aliphatic carboxylic acids is 1. The van der Waals surface area contributed by atoms with E-state index in [1.165, 1.54) is 89.9 Å². The van der Waals surface area contributed by atoms with Gasteiger partial charge >= 0.3 is 5.97 Å². The summed E-state index contributed by atoms with van der Waals surface area (Å²) in [5.74, 6) is 1.35. The Balaban J connectivity index is 3.87. The summed E-state index contributed by atoms with van der Waals surface area (Å²) >= 11 is 3.38. The van der Waals surface area contributed by atoms with Crippen LogP contribution in [0.25, 0.3) is 0 Å². The number of carbonyl (C=O) groups is 1. The fourth-order valence-electron chi connectivity index (χ4n) is 3.47. The lowest BCUT2D eigenvalue weighted by Gasteiger charge is -2.27. The molecule has 0 spiro atoms. The number of thioether (sulfide) groups is 2. The summed E-state index contributed by atoms with van der Waals surface area (Å²) < 4.78 is -0.623. The molecule has 0 unspecified atom stereocenters. The molecule has 0 aromatic rings. The summed E-state index contributed by atoms with van der Waals surface area (Å²) in [6, 6.07) is 0. The second-order valence-corrected chi connectivity index (χ2v) is 11.1. The molecule has 0 bridgehead atoms. The Morgan fingerprint density at radius 2 is 0.929 bits per heavy atom. The maximum absolute atomic E-state index is 11.9.